The summed E-state index contributed by atoms with van der Waals surface area (Å²) in [5.41, 5.74) is 5.44. The molecule has 0 aliphatic carbocycles. The summed E-state index contributed by atoms with van der Waals surface area (Å²) in [6, 6.07) is 0. The number of ether oxygens (including phenoxy) is 1. The van der Waals surface area contributed by atoms with E-state index in [-0.39, 0.29) is 18.4 Å². The van der Waals surface area contributed by atoms with Crippen molar-refractivity contribution in [1.29, 1.82) is 0 Å². The monoisotopic (exact) mass is 218 g/mol. The maximum absolute atomic E-state index is 11.4. The lowest BCUT2D eigenvalue weighted by Crippen LogP contribution is -2.35. The molecular formula is C10H22N2O3. The minimum atomic E-state index is -0.0802. The average molecular weight is 218 g/mol. The predicted molar refractivity (Wildman–Crippen MR) is 58.4 cm³/mol. The molecule has 0 radical (unpaired) electrons. The van der Waals surface area contributed by atoms with Crippen LogP contribution in [0.15, 0.2) is 0 Å². The Balaban J connectivity index is 3.38. The summed E-state index contributed by atoms with van der Waals surface area (Å²) in [4.78, 5) is 11.4. The van der Waals surface area contributed by atoms with E-state index in [0.29, 0.717) is 26.3 Å². The standard InChI is InChI=1S/C10H22N2O3/c1-2-9(8-11)10(14)12-4-3-6-15-7-5-13/h9,13H,2-8,11H2,1H3,(H,12,14). The fraction of sp³-hybridized carbons (Fsp3) is 0.900. The second-order valence-corrected chi connectivity index (χ2v) is 3.32. The molecule has 0 aliphatic rings. The second kappa shape index (κ2) is 9.89. The van der Waals surface area contributed by atoms with Crippen LogP contribution in [0.5, 0.6) is 0 Å². The molecule has 0 rings (SSSR count). The number of nitrogens with two attached hydrogens (primary N) is 1. The first-order valence-corrected chi connectivity index (χ1v) is 5.42. The van der Waals surface area contributed by atoms with Gasteiger partial charge in [0.25, 0.3) is 0 Å². The van der Waals surface area contributed by atoms with E-state index in [1.54, 1.807) is 0 Å². The van der Waals surface area contributed by atoms with Crippen molar-refractivity contribution in [3.8, 4) is 0 Å². The highest BCUT2D eigenvalue weighted by molar-refractivity contribution is 5.78. The van der Waals surface area contributed by atoms with Gasteiger partial charge in [0.15, 0.2) is 0 Å². The van der Waals surface area contributed by atoms with Crippen molar-refractivity contribution in [3.05, 3.63) is 0 Å². The number of carbonyl (C=O) groups excluding carboxylic acids is 1. The molecule has 0 saturated heterocycles. The largest absolute Gasteiger partial charge is 0.394 e. The Morgan fingerprint density at radius 2 is 2.27 bits per heavy atom. The molecular weight excluding hydrogens is 196 g/mol. The Bertz CT molecular complexity index is 161. The van der Waals surface area contributed by atoms with Crippen LogP contribution in [0.1, 0.15) is 19.8 Å². The van der Waals surface area contributed by atoms with Crippen LogP contribution < -0.4 is 11.1 Å². The van der Waals surface area contributed by atoms with E-state index in [0.717, 1.165) is 12.8 Å². The summed E-state index contributed by atoms with van der Waals surface area (Å²) in [6.07, 6.45) is 1.52. The Labute approximate surface area is 91.0 Å². The van der Waals surface area contributed by atoms with E-state index in [1.807, 2.05) is 6.92 Å². The van der Waals surface area contributed by atoms with E-state index in [9.17, 15) is 4.79 Å². The van der Waals surface area contributed by atoms with Gasteiger partial charge in [0, 0.05) is 25.6 Å². The number of amides is 1. The lowest BCUT2D eigenvalue weighted by molar-refractivity contribution is -0.124. The maximum Gasteiger partial charge on any atom is 0.224 e. The molecule has 1 amide bonds. The number of rotatable bonds is 9. The molecule has 1 atom stereocenters. The van der Waals surface area contributed by atoms with E-state index < -0.39 is 0 Å². The van der Waals surface area contributed by atoms with Crippen molar-refractivity contribution in [1.82, 2.24) is 5.32 Å². The lowest BCUT2D eigenvalue weighted by Gasteiger charge is -2.12. The molecule has 5 heteroatoms. The quantitative estimate of drug-likeness (QED) is 0.455. The Kier molecular flexibility index (Phi) is 9.46. The summed E-state index contributed by atoms with van der Waals surface area (Å²) in [6.45, 7) is 3.89. The Morgan fingerprint density at radius 3 is 2.80 bits per heavy atom. The summed E-state index contributed by atoms with van der Waals surface area (Å²) in [5.74, 6) is -0.0643. The number of aliphatic hydroxyl groups excluding tert-OH is 1. The molecule has 1 unspecified atom stereocenters. The molecule has 0 heterocycles. The smallest absolute Gasteiger partial charge is 0.224 e. The van der Waals surface area contributed by atoms with Crippen LogP contribution in [0.4, 0.5) is 0 Å². The van der Waals surface area contributed by atoms with Crippen molar-refractivity contribution in [2.45, 2.75) is 19.8 Å². The lowest BCUT2D eigenvalue weighted by atomic mass is 10.1. The van der Waals surface area contributed by atoms with Crippen LogP contribution in [0.25, 0.3) is 0 Å². The van der Waals surface area contributed by atoms with Gasteiger partial charge in [-0.05, 0) is 12.8 Å². The van der Waals surface area contributed by atoms with E-state index in [1.165, 1.54) is 0 Å². The molecule has 5 nitrogen and oxygen atoms in total. The fourth-order valence-electron chi connectivity index (χ4n) is 1.16. The highest BCUT2D eigenvalue weighted by atomic mass is 16.5. The van der Waals surface area contributed by atoms with Crippen LogP contribution in [-0.2, 0) is 9.53 Å². The zero-order chi connectivity index (χ0) is 11.5. The van der Waals surface area contributed by atoms with Crippen LogP contribution in [-0.4, -0.2) is 43.9 Å². The molecule has 0 bridgehead atoms. The number of hydrogen-bond donors (Lipinski definition) is 3. The topological polar surface area (TPSA) is 84.6 Å². The Hall–Kier alpha value is -0.650. The fourth-order valence-corrected chi connectivity index (χ4v) is 1.16. The zero-order valence-corrected chi connectivity index (χ0v) is 9.37. The maximum atomic E-state index is 11.4. The number of hydrogen-bond acceptors (Lipinski definition) is 4. The highest BCUT2D eigenvalue weighted by Crippen LogP contribution is 1.99. The molecule has 0 saturated carbocycles. The van der Waals surface area contributed by atoms with Gasteiger partial charge in [-0.25, -0.2) is 0 Å². The second-order valence-electron chi connectivity index (χ2n) is 3.32. The van der Waals surface area contributed by atoms with Crippen molar-refractivity contribution in [3.63, 3.8) is 0 Å². The van der Waals surface area contributed by atoms with Crippen molar-refractivity contribution in [2.24, 2.45) is 11.7 Å². The molecule has 0 spiro atoms. The van der Waals surface area contributed by atoms with Gasteiger partial charge < -0.3 is 20.9 Å². The molecule has 0 aromatic heterocycles. The highest BCUT2D eigenvalue weighted by Gasteiger charge is 2.12. The van der Waals surface area contributed by atoms with Crippen LogP contribution in [0, 0.1) is 5.92 Å². The first-order chi connectivity index (χ1) is 7.26. The summed E-state index contributed by atoms with van der Waals surface area (Å²) < 4.78 is 5.05. The van der Waals surface area contributed by atoms with Gasteiger partial charge in [-0.15, -0.1) is 0 Å². The van der Waals surface area contributed by atoms with E-state index in [4.69, 9.17) is 15.6 Å². The first-order valence-electron chi connectivity index (χ1n) is 5.42. The minimum absolute atomic E-state index is 0.0159. The summed E-state index contributed by atoms with van der Waals surface area (Å²) in [7, 11) is 0. The Morgan fingerprint density at radius 1 is 1.53 bits per heavy atom. The van der Waals surface area contributed by atoms with Crippen LogP contribution in [0.2, 0.25) is 0 Å². The van der Waals surface area contributed by atoms with E-state index in [2.05, 4.69) is 5.32 Å². The van der Waals surface area contributed by atoms with Gasteiger partial charge >= 0.3 is 0 Å². The molecule has 4 N–H and O–H groups in total. The number of aliphatic hydroxyl groups is 1. The van der Waals surface area contributed by atoms with Gasteiger partial charge in [-0.2, -0.15) is 0 Å². The third-order valence-corrected chi connectivity index (χ3v) is 2.15. The van der Waals surface area contributed by atoms with Crippen LogP contribution >= 0.6 is 0 Å². The third kappa shape index (κ3) is 7.30. The van der Waals surface area contributed by atoms with Gasteiger partial charge in [0.1, 0.15) is 0 Å². The van der Waals surface area contributed by atoms with E-state index >= 15 is 0 Å². The number of carbonyl (C=O) groups is 1. The van der Waals surface area contributed by atoms with Gasteiger partial charge in [0.2, 0.25) is 5.91 Å². The molecule has 90 valence electrons. The molecule has 0 aliphatic heterocycles. The number of nitrogens with one attached hydrogen (secondary N) is 1. The minimum Gasteiger partial charge on any atom is -0.394 e. The van der Waals surface area contributed by atoms with Crippen molar-refractivity contribution in [2.75, 3.05) is 32.9 Å². The molecule has 15 heavy (non-hydrogen) atoms. The summed E-state index contributed by atoms with van der Waals surface area (Å²) >= 11 is 0. The SMILES string of the molecule is CCC(CN)C(=O)NCCCOCCO. The molecule has 0 aromatic carbocycles. The average Bonchev–Trinajstić information content (AvgIpc) is 2.25. The van der Waals surface area contributed by atoms with Gasteiger partial charge in [0.05, 0.1) is 13.2 Å². The normalized spacial score (nSPS) is 12.5. The zero-order valence-electron chi connectivity index (χ0n) is 9.37. The molecule has 0 aromatic rings. The van der Waals surface area contributed by atoms with Crippen molar-refractivity contribution >= 4 is 5.91 Å². The summed E-state index contributed by atoms with van der Waals surface area (Å²) in [5, 5.41) is 11.2. The van der Waals surface area contributed by atoms with Gasteiger partial charge in [-0.3, -0.25) is 4.79 Å². The first kappa shape index (κ1) is 14.3. The van der Waals surface area contributed by atoms with Gasteiger partial charge in [-0.1, -0.05) is 6.92 Å². The van der Waals surface area contributed by atoms with Crippen molar-refractivity contribution < 1.29 is 14.6 Å². The third-order valence-electron chi connectivity index (χ3n) is 2.15. The van der Waals surface area contributed by atoms with Crippen LogP contribution in [0.3, 0.4) is 0 Å². The predicted octanol–water partition coefficient (Wildman–Crippen LogP) is -0.513. The molecule has 0 fully saturated rings.